The van der Waals surface area contributed by atoms with Gasteiger partial charge in [0.2, 0.25) is 0 Å². The van der Waals surface area contributed by atoms with Crippen molar-refractivity contribution < 1.29 is 14.5 Å². The third-order valence-electron chi connectivity index (χ3n) is 5.48. The molecular formula is C23H25N4O2S+. The lowest BCUT2D eigenvalue weighted by molar-refractivity contribution is -0.945. The van der Waals surface area contributed by atoms with E-state index in [1.807, 2.05) is 12.1 Å². The Morgan fingerprint density at radius 1 is 1.03 bits per heavy atom. The number of benzene rings is 1. The molecule has 0 saturated carbocycles. The van der Waals surface area contributed by atoms with Crippen LogP contribution in [0.1, 0.15) is 27.6 Å². The number of amides is 2. The standard InChI is InChI=1S/C23H24N4O2S/c28-22(25-14-17-5-3-10-24-13-17)23(29)26-15-20(21-8-4-12-30-21)27-11-9-18-6-1-2-7-19(18)16-27/h1-8,10,12-13,20H,9,11,14-16H2,(H,25,28)(H,26,29)/p+1/t20-/m0/s1. The van der Waals surface area contributed by atoms with E-state index in [2.05, 4.69) is 51.3 Å². The van der Waals surface area contributed by atoms with Crippen LogP contribution in [0.2, 0.25) is 0 Å². The van der Waals surface area contributed by atoms with Crippen LogP contribution in [0.15, 0.2) is 66.3 Å². The molecule has 1 aliphatic rings. The molecule has 154 valence electrons. The highest BCUT2D eigenvalue weighted by atomic mass is 32.1. The Hall–Kier alpha value is -3.03. The van der Waals surface area contributed by atoms with Gasteiger partial charge < -0.3 is 15.5 Å². The first-order chi connectivity index (χ1) is 14.7. The second kappa shape index (κ2) is 9.65. The number of fused-ring (bicyclic) bond motifs is 1. The number of nitrogens with zero attached hydrogens (tertiary/aromatic N) is 1. The van der Waals surface area contributed by atoms with Crippen LogP contribution in [-0.4, -0.2) is 29.9 Å². The van der Waals surface area contributed by atoms with Crippen LogP contribution >= 0.6 is 11.3 Å². The molecule has 2 amide bonds. The summed E-state index contributed by atoms with van der Waals surface area (Å²) < 4.78 is 0. The number of pyridine rings is 1. The molecule has 0 radical (unpaired) electrons. The summed E-state index contributed by atoms with van der Waals surface area (Å²) >= 11 is 1.69. The molecule has 4 rings (SSSR count). The molecule has 0 saturated heterocycles. The molecule has 2 aromatic heterocycles. The quantitative estimate of drug-likeness (QED) is 0.525. The summed E-state index contributed by atoms with van der Waals surface area (Å²) in [5.74, 6) is -1.22. The number of thiophene rings is 1. The summed E-state index contributed by atoms with van der Waals surface area (Å²) in [6.45, 7) is 2.63. The van der Waals surface area contributed by atoms with Gasteiger partial charge >= 0.3 is 11.8 Å². The topological polar surface area (TPSA) is 75.5 Å². The van der Waals surface area contributed by atoms with Gasteiger partial charge in [0.25, 0.3) is 0 Å². The van der Waals surface area contributed by atoms with Gasteiger partial charge in [0, 0.05) is 30.9 Å². The Morgan fingerprint density at radius 3 is 2.63 bits per heavy atom. The third-order valence-corrected chi connectivity index (χ3v) is 6.47. The number of aromatic nitrogens is 1. The maximum atomic E-state index is 12.4. The highest BCUT2D eigenvalue weighted by molar-refractivity contribution is 7.10. The molecule has 0 aliphatic carbocycles. The van der Waals surface area contributed by atoms with E-state index in [9.17, 15) is 9.59 Å². The normalized spacial score (nSPS) is 16.3. The first kappa shape index (κ1) is 20.3. The maximum absolute atomic E-state index is 12.4. The Morgan fingerprint density at radius 2 is 1.87 bits per heavy atom. The number of rotatable bonds is 6. The van der Waals surface area contributed by atoms with Crippen molar-refractivity contribution in [3.05, 3.63) is 87.9 Å². The van der Waals surface area contributed by atoms with Gasteiger partial charge in [-0.05, 0) is 28.6 Å². The smallest absolute Gasteiger partial charge is 0.309 e. The van der Waals surface area contributed by atoms with Gasteiger partial charge in [-0.3, -0.25) is 14.6 Å². The summed E-state index contributed by atoms with van der Waals surface area (Å²) in [5.41, 5.74) is 3.62. The van der Waals surface area contributed by atoms with Crippen LogP contribution in [0.3, 0.4) is 0 Å². The van der Waals surface area contributed by atoms with Crippen molar-refractivity contribution in [3.8, 4) is 0 Å². The largest absolute Gasteiger partial charge is 0.344 e. The molecule has 1 aromatic carbocycles. The molecule has 3 N–H and O–H groups in total. The van der Waals surface area contributed by atoms with Crippen molar-refractivity contribution in [2.75, 3.05) is 13.1 Å². The molecule has 2 atom stereocenters. The van der Waals surface area contributed by atoms with Crippen LogP contribution in [0.4, 0.5) is 0 Å². The molecule has 6 nitrogen and oxygen atoms in total. The minimum Gasteiger partial charge on any atom is -0.344 e. The number of quaternary nitrogens is 1. The van der Waals surface area contributed by atoms with Gasteiger partial charge in [-0.1, -0.05) is 36.4 Å². The van der Waals surface area contributed by atoms with Gasteiger partial charge in [0.1, 0.15) is 12.6 Å². The van der Waals surface area contributed by atoms with E-state index in [1.54, 1.807) is 29.8 Å². The zero-order valence-electron chi connectivity index (χ0n) is 16.6. The fourth-order valence-electron chi connectivity index (χ4n) is 3.88. The maximum Gasteiger partial charge on any atom is 0.309 e. The van der Waals surface area contributed by atoms with Crippen molar-refractivity contribution in [2.24, 2.45) is 0 Å². The predicted molar refractivity (Wildman–Crippen MR) is 116 cm³/mol. The molecule has 30 heavy (non-hydrogen) atoms. The lowest BCUT2D eigenvalue weighted by atomic mass is 9.98. The van der Waals surface area contributed by atoms with Gasteiger partial charge in [0.15, 0.2) is 0 Å². The van der Waals surface area contributed by atoms with E-state index in [0.717, 1.165) is 25.1 Å². The predicted octanol–water partition coefficient (Wildman–Crippen LogP) is 1.26. The average Bonchev–Trinajstić information content (AvgIpc) is 3.32. The number of hydrogen-bond donors (Lipinski definition) is 3. The fourth-order valence-corrected chi connectivity index (χ4v) is 4.76. The van der Waals surface area contributed by atoms with E-state index in [0.29, 0.717) is 6.54 Å². The van der Waals surface area contributed by atoms with Crippen molar-refractivity contribution in [1.82, 2.24) is 15.6 Å². The van der Waals surface area contributed by atoms with Gasteiger partial charge in [-0.2, -0.15) is 0 Å². The SMILES string of the molecule is O=C(NCc1cccnc1)C(=O)NC[C@@H](c1cccs1)[NH+]1CCc2ccccc2C1. The molecule has 0 fully saturated rings. The Balaban J connectivity index is 1.37. The number of carbonyl (C=O) groups is 2. The summed E-state index contributed by atoms with van der Waals surface area (Å²) in [6, 6.07) is 16.5. The van der Waals surface area contributed by atoms with E-state index in [-0.39, 0.29) is 12.6 Å². The summed E-state index contributed by atoms with van der Waals surface area (Å²) in [5, 5.41) is 7.56. The molecular weight excluding hydrogens is 396 g/mol. The highest BCUT2D eigenvalue weighted by Crippen LogP contribution is 2.19. The highest BCUT2D eigenvalue weighted by Gasteiger charge is 2.30. The van der Waals surface area contributed by atoms with E-state index < -0.39 is 11.8 Å². The van der Waals surface area contributed by atoms with Gasteiger partial charge in [-0.25, -0.2) is 0 Å². The summed E-state index contributed by atoms with van der Waals surface area (Å²) in [4.78, 5) is 31.2. The Kier molecular flexibility index (Phi) is 6.51. The van der Waals surface area contributed by atoms with Crippen molar-refractivity contribution in [2.45, 2.75) is 25.6 Å². The zero-order valence-corrected chi connectivity index (χ0v) is 17.5. The molecule has 1 aliphatic heterocycles. The van der Waals surface area contributed by atoms with Crippen LogP contribution in [0.25, 0.3) is 0 Å². The second-order valence-electron chi connectivity index (χ2n) is 7.43. The second-order valence-corrected chi connectivity index (χ2v) is 8.40. The Bertz CT molecular complexity index is 991. The summed E-state index contributed by atoms with van der Waals surface area (Å²) in [6.07, 6.45) is 4.36. The average molecular weight is 422 g/mol. The van der Waals surface area contributed by atoms with Crippen molar-refractivity contribution in [3.63, 3.8) is 0 Å². The number of nitrogens with one attached hydrogen (secondary N) is 3. The van der Waals surface area contributed by atoms with E-state index >= 15 is 0 Å². The zero-order chi connectivity index (χ0) is 20.8. The molecule has 1 unspecified atom stereocenters. The van der Waals surface area contributed by atoms with Crippen LogP contribution in [-0.2, 0) is 29.1 Å². The first-order valence-electron chi connectivity index (χ1n) is 10.1. The van der Waals surface area contributed by atoms with Crippen molar-refractivity contribution in [1.29, 1.82) is 0 Å². The van der Waals surface area contributed by atoms with E-state index in [4.69, 9.17) is 0 Å². The molecule has 0 spiro atoms. The lowest BCUT2D eigenvalue weighted by Crippen LogP contribution is -3.12. The number of hydrogen-bond acceptors (Lipinski definition) is 4. The molecule has 0 bridgehead atoms. The molecule has 3 heterocycles. The van der Waals surface area contributed by atoms with Gasteiger partial charge in [0.05, 0.1) is 18.0 Å². The Labute approximate surface area is 180 Å². The third kappa shape index (κ3) is 4.93. The van der Waals surface area contributed by atoms with Crippen LogP contribution in [0.5, 0.6) is 0 Å². The van der Waals surface area contributed by atoms with Gasteiger partial charge in [-0.15, -0.1) is 11.3 Å². The monoisotopic (exact) mass is 421 g/mol. The molecule has 7 heteroatoms. The fraction of sp³-hybridized carbons (Fsp3) is 0.261. The summed E-state index contributed by atoms with van der Waals surface area (Å²) in [7, 11) is 0. The number of carbonyl (C=O) groups excluding carboxylic acids is 2. The minimum atomic E-state index is -0.622. The minimum absolute atomic E-state index is 0.119. The van der Waals surface area contributed by atoms with E-state index in [1.165, 1.54) is 20.9 Å². The first-order valence-corrected chi connectivity index (χ1v) is 11.0. The van der Waals surface area contributed by atoms with Crippen molar-refractivity contribution >= 4 is 23.2 Å². The molecule has 3 aromatic rings. The van der Waals surface area contributed by atoms with Crippen LogP contribution < -0.4 is 15.5 Å². The lowest BCUT2D eigenvalue weighted by Gasteiger charge is -2.32. The van der Waals surface area contributed by atoms with Crippen LogP contribution in [0, 0.1) is 0 Å².